The lowest BCUT2D eigenvalue weighted by atomic mass is 9.93. The van der Waals surface area contributed by atoms with Crippen LogP contribution in [0.1, 0.15) is 73.1 Å². The molecule has 14 heteroatoms. The van der Waals surface area contributed by atoms with Gasteiger partial charge in [-0.25, -0.2) is 0 Å². The minimum Gasteiger partial charge on any atom is -0.379 e. The van der Waals surface area contributed by atoms with Crippen molar-refractivity contribution < 1.29 is 57.1 Å². The number of carbonyl (C=O) groups excluding carboxylic acids is 4. The van der Waals surface area contributed by atoms with E-state index in [1.54, 1.807) is 6.92 Å². The molecule has 0 aromatic carbocycles. The molecule has 0 aliphatic rings. The topological polar surface area (TPSA) is 166 Å². The maximum Gasteiger partial charge on any atom is 0.222 e. The molecule has 0 rings (SSSR count). The summed E-state index contributed by atoms with van der Waals surface area (Å²) in [5, 5.41) is 5.62. The first kappa shape index (κ1) is 47.0. The highest BCUT2D eigenvalue weighted by atomic mass is 16.6. The van der Waals surface area contributed by atoms with Crippen LogP contribution in [0.4, 0.5) is 0 Å². The highest BCUT2D eigenvalue weighted by Crippen LogP contribution is 2.13. The fraction of sp³-hybridized carbons (Fsp3) is 0.886. The molecule has 2 atom stereocenters. The Morgan fingerprint density at radius 1 is 0.531 bits per heavy atom. The number of ketones is 2. The average Bonchev–Trinajstić information content (AvgIpc) is 3.06. The van der Waals surface area contributed by atoms with E-state index in [2.05, 4.69) is 10.6 Å². The summed E-state index contributed by atoms with van der Waals surface area (Å²) < 4.78 is 43.6. The van der Waals surface area contributed by atoms with Gasteiger partial charge in [-0.2, -0.15) is 0 Å². The number of rotatable bonds is 37. The molecule has 0 bridgehead atoms. The maximum atomic E-state index is 12.6. The fourth-order valence-electron chi connectivity index (χ4n) is 4.19. The highest BCUT2D eigenvalue weighted by Gasteiger charge is 2.23. The van der Waals surface area contributed by atoms with E-state index in [4.69, 9.17) is 37.9 Å². The maximum absolute atomic E-state index is 12.6. The predicted octanol–water partition coefficient (Wildman–Crippen LogP) is 2.53. The van der Waals surface area contributed by atoms with Crippen LogP contribution >= 0.6 is 0 Å². The SMILES string of the molecule is CCCC(=O)NCCOCCOCCOCCOCCOCCOCCOCCOCCC(=O)N[C@H](C(=O)CCC[C@@H](C)C(C)=O)C(C)C. The van der Waals surface area contributed by atoms with E-state index >= 15 is 0 Å². The third-order valence-electron chi connectivity index (χ3n) is 7.21. The Labute approximate surface area is 294 Å². The van der Waals surface area contributed by atoms with E-state index < -0.39 is 6.04 Å². The number of hydrogen-bond donors (Lipinski definition) is 2. The van der Waals surface area contributed by atoms with Gasteiger partial charge < -0.3 is 48.5 Å². The molecule has 0 aromatic rings. The minimum atomic E-state index is -0.535. The average molecular weight is 707 g/mol. The molecule has 2 amide bonds. The van der Waals surface area contributed by atoms with Crippen LogP contribution in [0.3, 0.4) is 0 Å². The second-order valence-corrected chi connectivity index (χ2v) is 11.9. The third kappa shape index (κ3) is 31.7. The Morgan fingerprint density at radius 2 is 0.939 bits per heavy atom. The van der Waals surface area contributed by atoms with Crippen LogP contribution in [0.5, 0.6) is 0 Å². The van der Waals surface area contributed by atoms with Gasteiger partial charge in [0.15, 0.2) is 5.78 Å². The van der Waals surface area contributed by atoms with E-state index in [-0.39, 0.29) is 48.2 Å². The fourth-order valence-corrected chi connectivity index (χ4v) is 4.19. The van der Waals surface area contributed by atoms with Gasteiger partial charge in [0.05, 0.1) is 112 Å². The lowest BCUT2D eigenvalue weighted by Gasteiger charge is -2.21. The zero-order chi connectivity index (χ0) is 36.4. The van der Waals surface area contributed by atoms with Gasteiger partial charge in [-0.05, 0) is 32.1 Å². The molecule has 0 saturated carbocycles. The number of ether oxygens (including phenoxy) is 8. The molecule has 0 heterocycles. The molecule has 0 fully saturated rings. The summed E-state index contributed by atoms with van der Waals surface area (Å²) >= 11 is 0. The molecular weight excluding hydrogens is 640 g/mol. The number of amides is 2. The third-order valence-corrected chi connectivity index (χ3v) is 7.21. The molecule has 2 N–H and O–H groups in total. The van der Waals surface area contributed by atoms with Crippen molar-refractivity contribution in [1.29, 1.82) is 0 Å². The van der Waals surface area contributed by atoms with Gasteiger partial charge in [0, 0.05) is 31.7 Å². The lowest BCUT2D eigenvalue weighted by Crippen LogP contribution is -2.44. The normalized spacial score (nSPS) is 12.6. The van der Waals surface area contributed by atoms with Gasteiger partial charge in [-0.1, -0.05) is 27.7 Å². The first-order valence-corrected chi connectivity index (χ1v) is 17.9. The Hall–Kier alpha value is -2.04. The summed E-state index contributed by atoms with van der Waals surface area (Å²) in [6.45, 7) is 16.8. The van der Waals surface area contributed by atoms with E-state index in [1.807, 2.05) is 27.7 Å². The van der Waals surface area contributed by atoms with Gasteiger partial charge in [0.25, 0.3) is 0 Å². The summed E-state index contributed by atoms with van der Waals surface area (Å²) in [5.41, 5.74) is 0. The number of nitrogens with one attached hydrogen (secondary N) is 2. The van der Waals surface area contributed by atoms with Gasteiger partial charge in [0.1, 0.15) is 5.78 Å². The molecule has 0 spiro atoms. The molecule has 0 radical (unpaired) electrons. The van der Waals surface area contributed by atoms with Crippen molar-refractivity contribution in [3.05, 3.63) is 0 Å². The molecule has 0 aromatic heterocycles. The monoisotopic (exact) mass is 706 g/mol. The molecular formula is C35H66N2O12. The van der Waals surface area contributed by atoms with Crippen LogP contribution in [-0.4, -0.2) is 142 Å². The van der Waals surface area contributed by atoms with Crippen molar-refractivity contribution >= 4 is 23.4 Å². The van der Waals surface area contributed by atoms with Gasteiger partial charge in [-0.3, -0.25) is 19.2 Å². The van der Waals surface area contributed by atoms with Crippen molar-refractivity contribution in [2.24, 2.45) is 11.8 Å². The summed E-state index contributed by atoms with van der Waals surface area (Å²) in [5.74, 6) is -0.120. The molecule has 0 saturated heterocycles. The van der Waals surface area contributed by atoms with Crippen LogP contribution in [0, 0.1) is 11.8 Å². The largest absolute Gasteiger partial charge is 0.379 e. The predicted molar refractivity (Wildman–Crippen MR) is 185 cm³/mol. The van der Waals surface area contributed by atoms with Crippen molar-refractivity contribution in [2.45, 2.75) is 79.2 Å². The molecule has 0 unspecified atom stereocenters. The highest BCUT2D eigenvalue weighted by molar-refractivity contribution is 5.89. The Morgan fingerprint density at radius 3 is 1.33 bits per heavy atom. The van der Waals surface area contributed by atoms with Crippen LogP contribution in [-0.2, 0) is 57.1 Å². The van der Waals surface area contributed by atoms with Crippen molar-refractivity contribution in [3.8, 4) is 0 Å². The molecule has 0 aliphatic heterocycles. The lowest BCUT2D eigenvalue weighted by molar-refractivity contribution is -0.129. The zero-order valence-electron chi connectivity index (χ0n) is 30.9. The van der Waals surface area contributed by atoms with E-state index in [1.165, 1.54) is 0 Å². The van der Waals surface area contributed by atoms with Crippen LogP contribution in [0.2, 0.25) is 0 Å². The molecule has 14 nitrogen and oxygen atoms in total. The summed E-state index contributed by atoms with van der Waals surface area (Å²) in [4.78, 5) is 47.6. The smallest absolute Gasteiger partial charge is 0.222 e. The van der Waals surface area contributed by atoms with Crippen LogP contribution in [0.25, 0.3) is 0 Å². The second kappa shape index (κ2) is 34.4. The van der Waals surface area contributed by atoms with E-state index in [9.17, 15) is 19.2 Å². The summed E-state index contributed by atoms with van der Waals surface area (Å²) in [6.07, 6.45) is 3.20. The first-order chi connectivity index (χ1) is 23.7. The second-order valence-electron chi connectivity index (χ2n) is 11.9. The number of Topliss-reactive ketones (excluding diaryl/α,β-unsaturated/α-hetero) is 2. The van der Waals surface area contributed by atoms with E-state index in [0.29, 0.717) is 131 Å². The summed E-state index contributed by atoms with van der Waals surface area (Å²) in [6, 6.07) is -0.535. The first-order valence-electron chi connectivity index (χ1n) is 17.9. The number of hydrogen-bond acceptors (Lipinski definition) is 12. The molecule has 0 aliphatic carbocycles. The molecule has 288 valence electrons. The Bertz CT molecular complexity index is 830. The van der Waals surface area contributed by atoms with Gasteiger partial charge in [-0.15, -0.1) is 0 Å². The minimum absolute atomic E-state index is 0.00506. The van der Waals surface area contributed by atoms with Crippen molar-refractivity contribution in [3.63, 3.8) is 0 Å². The van der Waals surface area contributed by atoms with Gasteiger partial charge in [0.2, 0.25) is 11.8 Å². The van der Waals surface area contributed by atoms with Gasteiger partial charge >= 0.3 is 0 Å². The zero-order valence-corrected chi connectivity index (χ0v) is 30.9. The van der Waals surface area contributed by atoms with Crippen LogP contribution in [0.15, 0.2) is 0 Å². The van der Waals surface area contributed by atoms with E-state index in [0.717, 1.165) is 6.42 Å². The van der Waals surface area contributed by atoms with Crippen molar-refractivity contribution in [1.82, 2.24) is 10.6 Å². The standard InChI is InChI=1S/C35H66N2O12/c1-6-8-33(40)36-12-14-43-16-18-45-20-22-47-24-26-49-28-27-48-25-23-46-21-19-44-17-15-42-13-11-34(41)37-35(29(2)3)32(39)10-7-9-30(4)31(5)38/h29-30,35H,6-28H2,1-5H3,(H,36,40)(H,37,41)/t30-,35+/m1/s1. The quantitative estimate of drug-likeness (QED) is 0.0909. The summed E-state index contributed by atoms with van der Waals surface area (Å²) in [7, 11) is 0. The Kier molecular flexibility index (Phi) is 33.0. The molecule has 49 heavy (non-hydrogen) atoms. The van der Waals surface area contributed by atoms with Crippen molar-refractivity contribution in [2.75, 3.05) is 112 Å². The number of carbonyl (C=O) groups is 4. The Balaban J connectivity index is 3.43. The van der Waals surface area contributed by atoms with Crippen LogP contribution < -0.4 is 10.6 Å².